The predicted octanol–water partition coefficient (Wildman–Crippen LogP) is 6.06. The monoisotopic (exact) mass is 432 g/mol. The number of carbonyl (C=O) groups excluding carboxylic acids is 1. The summed E-state index contributed by atoms with van der Waals surface area (Å²) >= 11 is 0. The standard InChI is InChI=1S/C28H32O4/c1-28(2,3)32-27(31)24(15-9-12-20-10-5-4-6-11-20)25(26(29)30)19-21-16-17-22-13-7-8-14-23(22)18-21/h4-8,10-11,13-14,16-18,24-25H,9,12,15,19H2,1-3H3,(H,29,30). The van der Waals surface area contributed by atoms with Crippen LogP contribution in [0.5, 0.6) is 0 Å². The number of carboxylic acids is 1. The average Bonchev–Trinajstić information content (AvgIpc) is 2.74. The van der Waals surface area contributed by atoms with Gasteiger partial charge in [0, 0.05) is 0 Å². The minimum Gasteiger partial charge on any atom is -0.481 e. The third-order valence-corrected chi connectivity index (χ3v) is 5.61. The lowest BCUT2D eigenvalue weighted by Crippen LogP contribution is -2.36. The number of benzene rings is 3. The van der Waals surface area contributed by atoms with Gasteiger partial charge in [0.05, 0.1) is 11.8 Å². The molecule has 32 heavy (non-hydrogen) atoms. The van der Waals surface area contributed by atoms with Crippen LogP contribution in [0.3, 0.4) is 0 Å². The van der Waals surface area contributed by atoms with E-state index in [9.17, 15) is 14.7 Å². The molecular weight excluding hydrogens is 400 g/mol. The van der Waals surface area contributed by atoms with Crippen molar-refractivity contribution in [1.82, 2.24) is 0 Å². The number of esters is 1. The topological polar surface area (TPSA) is 63.6 Å². The Labute approximate surface area is 190 Å². The molecule has 3 rings (SSSR count). The molecule has 168 valence electrons. The largest absolute Gasteiger partial charge is 0.481 e. The summed E-state index contributed by atoms with van der Waals surface area (Å²) in [5.41, 5.74) is 1.42. The third kappa shape index (κ3) is 6.68. The van der Waals surface area contributed by atoms with Crippen LogP contribution in [0.2, 0.25) is 0 Å². The molecule has 0 saturated heterocycles. The van der Waals surface area contributed by atoms with E-state index in [1.165, 1.54) is 5.56 Å². The maximum Gasteiger partial charge on any atom is 0.310 e. The number of ether oxygens (including phenoxy) is 1. The van der Waals surface area contributed by atoms with Crippen molar-refractivity contribution in [3.8, 4) is 0 Å². The van der Waals surface area contributed by atoms with E-state index < -0.39 is 29.4 Å². The second kappa shape index (κ2) is 10.4. The second-order valence-electron chi connectivity index (χ2n) is 9.35. The highest BCUT2D eigenvalue weighted by Crippen LogP contribution is 2.28. The van der Waals surface area contributed by atoms with Crippen molar-refractivity contribution >= 4 is 22.7 Å². The van der Waals surface area contributed by atoms with E-state index in [2.05, 4.69) is 0 Å². The maximum absolute atomic E-state index is 13.1. The van der Waals surface area contributed by atoms with Gasteiger partial charge in [-0.05, 0) is 68.4 Å². The van der Waals surface area contributed by atoms with Crippen LogP contribution in [-0.2, 0) is 27.2 Å². The summed E-state index contributed by atoms with van der Waals surface area (Å²) in [5.74, 6) is -2.95. The maximum atomic E-state index is 13.1. The molecule has 0 amide bonds. The molecule has 0 aliphatic carbocycles. The Morgan fingerprint density at radius 3 is 2.16 bits per heavy atom. The number of carbonyl (C=O) groups is 2. The van der Waals surface area contributed by atoms with Gasteiger partial charge in [-0.15, -0.1) is 0 Å². The highest BCUT2D eigenvalue weighted by atomic mass is 16.6. The van der Waals surface area contributed by atoms with Crippen LogP contribution in [-0.4, -0.2) is 22.6 Å². The van der Waals surface area contributed by atoms with Gasteiger partial charge in [-0.2, -0.15) is 0 Å². The fourth-order valence-electron chi connectivity index (χ4n) is 4.05. The molecule has 3 aromatic rings. The molecule has 0 aliphatic rings. The molecule has 0 spiro atoms. The average molecular weight is 433 g/mol. The van der Waals surface area contributed by atoms with Crippen molar-refractivity contribution in [2.45, 2.75) is 52.1 Å². The van der Waals surface area contributed by atoms with Gasteiger partial charge in [0.1, 0.15) is 5.60 Å². The van der Waals surface area contributed by atoms with Crippen LogP contribution in [0.4, 0.5) is 0 Å². The zero-order valence-corrected chi connectivity index (χ0v) is 19.1. The zero-order chi connectivity index (χ0) is 23.1. The molecule has 4 heteroatoms. The molecule has 0 heterocycles. The van der Waals surface area contributed by atoms with Crippen molar-refractivity contribution in [3.05, 3.63) is 83.9 Å². The summed E-state index contributed by atoms with van der Waals surface area (Å²) in [7, 11) is 0. The van der Waals surface area contributed by atoms with E-state index in [1.54, 1.807) is 0 Å². The molecule has 2 atom stereocenters. The number of carboxylic acid groups (broad SMARTS) is 1. The van der Waals surface area contributed by atoms with Crippen molar-refractivity contribution in [2.24, 2.45) is 11.8 Å². The van der Waals surface area contributed by atoms with E-state index >= 15 is 0 Å². The molecule has 0 fully saturated rings. The van der Waals surface area contributed by atoms with Gasteiger partial charge in [-0.25, -0.2) is 0 Å². The summed E-state index contributed by atoms with van der Waals surface area (Å²) in [4.78, 5) is 25.4. The Kier molecular flexibility index (Phi) is 7.68. The van der Waals surface area contributed by atoms with Gasteiger partial charge in [0.25, 0.3) is 0 Å². The van der Waals surface area contributed by atoms with Gasteiger partial charge >= 0.3 is 11.9 Å². The van der Waals surface area contributed by atoms with E-state index in [1.807, 2.05) is 93.6 Å². The highest BCUT2D eigenvalue weighted by molar-refractivity contribution is 5.84. The highest BCUT2D eigenvalue weighted by Gasteiger charge is 2.36. The molecule has 0 aliphatic heterocycles. The Morgan fingerprint density at radius 2 is 1.50 bits per heavy atom. The number of rotatable bonds is 9. The lowest BCUT2D eigenvalue weighted by Gasteiger charge is -2.27. The number of hydrogen-bond donors (Lipinski definition) is 1. The minimum atomic E-state index is -0.964. The molecule has 4 nitrogen and oxygen atoms in total. The van der Waals surface area contributed by atoms with Crippen LogP contribution in [0, 0.1) is 11.8 Å². The first kappa shape index (κ1) is 23.5. The zero-order valence-electron chi connectivity index (χ0n) is 19.1. The van der Waals surface area contributed by atoms with Crippen LogP contribution >= 0.6 is 0 Å². The van der Waals surface area contributed by atoms with E-state index in [4.69, 9.17) is 4.74 Å². The van der Waals surface area contributed by atoms with E-state index in [0.29, 0.717) is 6.42 Å². The molecule has 2 unspecified atom stereocenters. The number of aliphatic carboxylic acids is 1. The fraction of sp³-hybridized carbons (Fsp3) is 0.357. The van der Waals surface area contributed by atoms with Gasteiger partial charge in [0.2, 0.25) is 0 Å². The van der Waals surface area contributed by atoms with Gasteiger partial charge in [-0.1, -0.05) is 72.8 Å². The fourth-order valence-corrected chi connectivity index (χ4v) is 4.05. The normalized spacial score (nSPS) is 13.5. The van der Waals surface area contributed by atoms with Crippen molar-refractivity contribution < 1.29 is 19.4 Å². The second-order valence-corrected chi connectivity index (χ2v) is 9.35. The summed E-state index contributed by atoms with van der Waals surface area (Å²) in [6.07, 6.45) is 2.27. The van der Waals surface area contributed by atoms with Crippen molar-refractivity contribution in [2.75, 3.05) is 0 Å². The first-order valence-electron chi connectivity index (χ1n) is 11.2. The van der Waals surface area contributed by atoms with Crippen LogP contribution in [0.15, 0.2) is 72.8 Å². The molecule has 0 bridgehead atoms. The first-order chi connectivity index (χ1) is 15.2. The first-order valence-corrected chi connectivity index (χ1v) is 11.2. The van der Waals surface area contributed by atoms with Crippen LogP contribution < -0.4 is 0 Å². The van der Waals surface area contributed by atoms with Crippen molar-refractivity contribution in [3.63, 3.8) is 0 Å². The summed E-state index contributed by atoms with van der Waals surface area (Å²) < 4.78 is 5.64. The molecule has 0 saturated carbocycles. The third-order valence-electron chi connectivity index (χ3n) is 5.61. The Balaban J connectivity index is 1.81. The summed E-state index contributed by atoms with van der Waals surface area (Å²) in [5, 5.41) is 12.2. The lowest BCUT2D eigenvalue weighted by atomic mass is 9.82. The lowest BCUT2D eigenvalue weighted by molar-refractivity contribution is -0.167. The van der Waals surface area contributed by atoms with E-state index in [-0.39, 0.29) is 6.42 Å². The smallest absolute Gasteiger partial charge is 0.310 e. The SMILES string of the molecule is CC(C)(C)OC(=O)C(CCCc1ccccc1)C(Cc1ccc2ccccc2c1)C(=O)O. The molecular formula is C28H32O4. The minimum absolute atomic E-state index is 0.287. The molecule has 1 N–H and O–H groups in total. The number of hydrogen-bond acceptors (Lipinski definition) is 3. The summed E-state index contributed by atoms with van der Waals surface area (Å²) in [6.45, 7) is 5.43. The van der Waals surface area contributed by atoms with Crippen LogP contribution in [0.1, 0.15) is 44.7 Å². The van der Waals surface area contributed by atoms with Crippen molar-refractivity contribution in [1.29, 1.82) is 0 Å². The van der Waals surface area contributed by atoms with Gasteiger partial charge in [-0.3, -0.25) is 9.59 Å². The summed E-state index contributed by atoms with van der Waals surface area (Å²) in [6, 6.07) is 24.0. The Bertz CT molecular complexity index is 1050. The molecule has 3 aromatic carbocycles. The molecule has 0 aromatic heterocycles. The molecule has 0 radical (unpaired) electrons. The Morgan fingerprint density at radius 1 is 0.844 bits per heavy atom. The van der Waals surface area contributed by atoms with Gasteiger partial charge < -0.3 is 9.84 Å². The van der Waals surface area contributed by atoms with E-state index in [0.717, 1.165) is 29.2 Å². The predicted molar refractivity (Wildman–Crippen MR) is 127 cm³/mol. The van der Waals surface area contributed by atoms with Crippen LogP contribution in [0.25, 0.3) is 10.8 Å². The quantitative estimate of drug-likeness (QED) is 0.417. The number of aryl methyl sites for hydroxylation is 1. The number of fused-ring (bicyclic) bond motifs is 1. The Hall–Kier alpha value is -3.14. The van der Waals surface area contributed by atoms with Gasteiger partial charge in [0.15, 0.2) is 0 Å².